The first kappa shape index (κ1) is 16.0. The third kappa shape index (κ3) is 4.07. The fraction of sp³-hybridized carbons (Fsp3) is 0.611. The van der Waals surface area contributed by atoms with E-state index >= 15 is 0 Å². The average Bonchev–Trinajstić information content (AvgIpc) is 2.50. The molecule has 4 unspecified atom stereocenters. The summed E-state index contributed by atoms with van der Waals surface area (Å²) in [5.41, 5.74) is 1.13. The molecule has 0 aliphatic carbocycles. The minimum Gasteiger partial charge on any atom is -0.352 e. The van der Waals surface area contributed by atoms with Crippen molar-refractivity contribution in [1.29, 1.82) is 0 Å². The normalized spacial score (nSPS) is 25.1. The Morgan fingerprint density at radius 1 is 1.38 bits per heavy atom. The van der Waals surface area contributed by atoms with Gasteiger partial charge < -0.3 is 10.6 Å². The second-order valence-corrected chi connectivity index (χ2v) is 6.36. The zero-order valence-electron chi connectivity index (χ0n) is 13.4. The topological polar surface area (TPSA) is 41.1 Å². The number of carbonyl (C=O) groups is 1. The molecule has 0 aromatic heterocycles. The molecule has 1 heterocycles. The van der Waals surface area contributed by atoms with Gasteiger partial charge in [0, 0.05) is 6.04 Å². The lowest BCUT2D eigenvalue weighted by molar-refractivity contribution is -0.124. The molecule has 21 heavy (non-hydrogen) atoms. The van der Waals surface area contributed by atoms with Gasteiger partial charge in [-0.1, -0.05) is 57.5 Å². The lowest BCUT2D eigenvalue weighted by Gasteiger charge is -2.32. The standard InChI is InChI=1S/C18H28N2O/c1-4-13(2)17(15-8-6-5-7-9-15)18(21)20-16-10-11-19-12-14(16)3/h5-9,13-14,16-17,19H,4,10-12H2,1-3H3,(H,20,21). The molecule has 116 valence electrons. The summed E-state index contributed by atoms with van der Waals surface area (Å²) in [7, 11) is 0. The van der Waals surface area contributed by atoms with Gasteiger partial charge in [-0.3, -0.25) is 4.79 Å². The lowest BCUT2D eigenvalue weighted by atomic mass is 9.84. The van der Waals surface area contributed by atoms with Crippen LogP contribution in [0.3, 0.4) is 0 Å². The van der Waals surface area contributed by atoms with Crippen molar-refractivity contribution in [3.05, 3.63) is 35.9 Å². The molecule has 0 spiro atoms. The maximum atomic E-state index is 12.8. The molecular formula is C18H28N2O. The van der Waals surface area contributed by atoms with Gasteiger partial charge in [0.25, 0.3) is 0 Å². The number of hydrogen-bond donors (Lipinski definition) is 2. The molecule has 1 aromatic carbocycles. The van der Waals surface area contributed by atoms with Crippen LogP contribution in [0.2, 0.25) is 0 Å². The Labute approximate surface area is 128 Å². The van der Waals surface area contributed by atoms with Gasteiger partial charge in [0.1, 0.15) is 0 Å². The Balaban J connectivity index is 2.11. The summed E-state index contributed by atoms with van der Waals surface area (Å²) in [6.45, 7) is 8.51. The Morgan fingerprint density at radius 2 is 2.10 bits per heavy atom. The Hall–Kier alpha value is -1.35. The monoisotopic (exact) mass is 288 g/mol. The second kappa shape index (κ2) is 7.60. The summed E-state index contributed by atoms with van der Waals surface area (Å²) >= 11 is 0. The molecule has 0 radical (unpaired) electrons. The Morgan fingerprint density at radius 3 is 2.71 bits per heavy atom. The van der Waals surface area contributed by atoms with Crippen LogP contribution in [0.5, 0.6) is 0 Å². The number of hydrogen-bond acceptors (Lipinski definition) is 2. The largest absolute Gasteiger partial charge is 0.352 e. The second-order valence-electron chi connectivity index (χ2n) is 6.36. The van der Waals surface area contributed by atoms with Gasteiger partial charge in [-0.2, -0.15) is 0 Å². The van der Waals surface area contributed by atoms with E-state index in [1.54, 1.807) is 0 Å². The van der Waals surface area contributed by atoms with Crippen molar-refractivity contribution >= 4 is 5.91 Å². The van der Waals surface area contributed by atoms with Crippen molar-refractivity contribution < 1.29 is 4.79 Å². The highest BCUT2D eigenvalue weighted by molar-refractivity contribution is 5.84. The van der Waals surface area contributed by atoms with Crippen LogP contribution in [0, 0.1) is 11.8 Å². The molecule has 0 saturated carbocycles. The number of carbonyl (C=O) groups excluding carboxylic acids is 1. The predicted octanol–water partition coefficient (Wildman–Crippen LogP) is 2.93. The van der Waals surface area contributed by atoms with E-state index in [4.69, 9.17) is 0 Å². The van der Waals surface area contributed by atoms with Gasteiger partial charge in [-0.25, -0.2) is 0 Å². The third-order valence-electron chi connectivity index (χ3n) is 4.77. The van der Waals surface area contributed by atoms with Crippen molar-refractivity contribution in [2.45, 2.75) is 45.6 Å². The number of rotatable bonds is 5. The van der Waals surface area contributed by atoms with Crippen molar-refractivity contribution in [2.24, 2.45) is 11.8 Å². The molecule has 1 aliphatic rings. The highest BCUT2D eigenvalue weighted by Gasteiger charge is 2.29. The van der Waals surface area contributed by atoms with Gasteiger partial charge in [-0.15, -0.1) is 0 Å². The van der Waals surface area contributed by atoms with Crippen LogP contribution in [-0.4, -0.2) is 25.0 Å². The van der Waals surface area contributed by atoms with Crippen molar-refractivity contribution in [1.82, 2.24) is 10.6 Å². The van der Waals surface area contributed by atoms with E-state index in [0.717, 1.165) is 31.5 Å². The van der Waals surface area contributed by atoms with Gasteiger partial charge in [0.05, 0.1) is 5.92 Å². The van der Waals surface area contributed by atoms with Gasteiger partial charge in [-0.05, 0) is 36.9 Å². The molecule has 1 aromatic rings. The summed E-state index contributed by atoms with van der Waals surface area (Å²) in [4.78, 5) is 12.8. The quantitative estimate of drug-likeness (QED) is 0.874. The molecule has 2 rings (SSSR count). The van der Waals surface area contributed by atoms with Crippen molar-refractivity contribution in [2.75, 3.05) is 13.1 Å². The third-order valence-corrected chi connectivity index (χ3v) is 4.77. The summed E-state index contributed by atoms with van der Waals surface area (Å²) in [6.07, 6.45) is 2.03. The first-order valence-corrected chi connectivity index (χ1v) is 8.19. The van der Waals surface area contributed by atoms with Crippen LogP contribution in [0.1, 0.15) is 45.1 Å². The zero-order chi connectivity index (χ0) is 15.2. The van der Waals surface area contributed by atoms with Crippen LogP contribution in [0.4, 0.5) is 0 Å². The highest BCUT2D eigenvalue weighted by Crippen LogP contribution is 2.27. The van der Waals surface area contributed by atoms with E-state index in [1.165, 1.54) is 0 Å². The average molecular weight is 288 g/mol. The maximum Gasteiger partial charge on any atom is 0.228 e. The van der Waals surface area contributed by atoms with E-state index in [2.05, 4.69) is 43.5 Å². The minimum atomic E-state index is -0.0433. The first-order chi connectivity index (χ1) is 10.1. The maximum absolute atomic E-state index is 12.8. The molecule has 3 nitrogen and oxygen atoms in total. The molecule has 3 heteroatoms. The molecule has 1 amide bonds. The summed E-state index contributed by atoms with van der Waals surface area (Å²) in [5, 5.41) is 6.68. The van der Waals surface area contributed by atoms with E-state index in [1.807, 2.05) is 18.2 Å². The van der Waals surface area contributed by atoms with Crippen LogP contribution in [-0.2, 0) is 4.79 Å². The van der Waals surface area contributed by atoms with Crippen LogP contribution in [0.15, 0.2) is 30.3 Å². The number of piperidine rings is 1. The van der Waals surface area contributed by atoms with Gasteiger partial charge >= 0.3 is 0 Å². The van der Waals surface area contributed by atoms with Gasteiger partial charge in [0.2, 0.25) is 5.91 Å². The van der Waals surface area contributed by atoms with Crippen molar-refractivity contribution in [3.8, 4) is 0 Å². The van der Waals surface area contributed by atoms with Crippen LogP contribution < -0.4 is 10.6 Å². The lowest BCUT2D eigenvalue weighted by Crippen LogP contribution is -2.50. The first-order valence-electron chi connectivity index (χ1n) is 8.19. The van der Waals surface area contributed by atoms with Gasteiger partial charge in [0.15, 0.2) is 0 Å². The smallest absolute Gasteiger partial charge is 0.228 e. The molecule has 0 bridgehead atoms. The van der Waals surface area contributed by atoms with Crippen molar-refractivity contribution in [3.63, 3.8) is 0 Å². The van der Waals surface area contributed by atoms with Crippen LogP contribution in [0.25, 0.3) is 0 Å². The van der Waals surface area contributed by atoms with E-state index in [9.17, 15) is 4.79 Å². The molecule has 1 saturated heterocycles. The van der Waals surface area contributed by atoms with E-state index in [-0.39, 0.29) is 11.8 Å². The molecule has 4 atom stereocenters. The fourth-order valence-corrected chi connectivity index (χ4v) is 3.14. The SMILES string of the molecule is CCC(C)C(C(=O)NC1CCNCC1C)c1ccccc1. The predicted molar refractivity (Wildman–Crippen MR) is 87.2 cm³/mol. The molecule has 2 N–H and O–H groups in total. The summed E-state index contributed by atoms with van der Waals surface area (Å²) in [6, 6.07) is 10.5. The highest BCUT2D eigenvalue weighted by atomic mass is 16.2. The van der Waals surface area contributed by atoms with E-state index < -0.39 is 0 Å². The zero-order valence-corrected chi connectivity index (χ0v) is 13.4. The Bertz CT molecular complexity index is 446. The number of amides is 1. The minimum absolute atomic E-state index is 0.0433. The Kier molecular flexibility index (Phi) is 5.80. The van der Waals surface area contributed by atoms with E-state index in [0.29, 0.717) is 17.9 Å². The molecule has 1 aliphatic heterocycles. The summed E-state index contributed by atoms with van der Waals surface area (Å²) in [5.74, 6) is 0.994. The fourth-order valence-electron chi connectivity index (χ4n) is 3.14. The molecule has 1 fully saturated rings. The summed E-state index contributed by atoms with van der Waals surface area (Å²) < 4.78 is 0. The van der Waals surface area contributed by atoms with Crippen LogP contribution >= 0.6 is 0 Å². The number of nitrogens with one attached hydrogen (secondary N) is 2. The molecular weight excluding hydrogens is 260 g/mol. The number of benzene rings is 1.